The Labute approximate surface area is 178 Å². The van der Waals surface area contributed by atoms with Gasteiger partial charge in [-0.2, -0.15) is 0 Å². The van der Waals surface area contributed by atoms with Crippen molar-refractivity contribution in [2.75, 3.05) is 24.2 Å². The molecule has 5 nitrogen and oxygen atoms in total. The molecule has 4 rings (SSSR count). The van der Waals surface area contributed by atoms with Crippen LogP contribution in [0.2, 0.25) is 5.02 Å². The first-order valence-electron chi connectivity index (χ1n) is 9.46. The summed E-state index contributed by atoms with van der Waals surface area (Å²) in [7, 11) is 0. The highest BCUT2D eigenvalue weighted by atomic mass is 35.5. The van der Waals surface area contributed by atoms with Crippen molar-refractivity contribution in [3.8, 4) is 0 Å². The lowest BCUT2D eigenvalue weighted by Gasteiger charge is -2.44. The molecule has 8 heteroatoms. The van der Waals surface area contributed by atoms with Gasteiger partial charge in [-0.3, -0.25) is 4.79 Å². The standard InChI is InChI=1S/C21H21ClFN3O2S/c22-17-12-16(6-7-18(17)23)24-20(28)25-10-8-21(9-11-25)26(19(27)14-29-21)13-15-4-2-1-3-5-15/h1-7,12H,8-11,13-14H2,(H,24,28). The summed E-state index contributed by atoms with van der Waals surface area (Å²) in [4.78, 5) is 28.6. The minimum absolute atomic E-state index is 0.0298. The minimum atomic E-state index is -0.522. The highest BCUT2D eigenvalue weighted by Crippen LogP contribution is 2.45. The molecule has 3 amide bonds. The van der Waals surface area contributed by atoms with Crippen LogP contribution < -0.4 is 5.32 Å². The normalized spacial score (nSPS) is 18.3. The highest BCUT2D eigenvalue weighted by Gasteiger charge is 2.48. The van der Waals surface area contributed by atoms with E-state index in [0.717, 1.165) is 5.56 Å². The SMILES string of the molecule is O=C(Nc1ccc(F)c(Cl)c1)N1CCC2(CC1)SCC(=O)N2Cc1ccccc1. The molecule has 2 aromatic rings. The zero-order valence-corrected chi connectivity index (χ0v) is 17.3. The molecule has 2 saturated heterocycles. The second-order valence-electron chi connectivity index (χ2n) is 7.25. The van der Waals surface area contributed by atoms with Crippen molar-refractivity contribution >= 4 is 41.0 Å². The van der Waals surface area contributed by atoms with Gasteiger partial charge < -0.3 is 15.1 Å². The lowest BCUT2D eigenvalue weighted by Crippen LogP contribution is -2.53. The third-order valence-electron chi connectivity index (χ3n) is 5.44. The average Bonchev–Trinajstić information content (AvgIpc) is 3.02. The molecular formula is C21H21ClFN3O2S. The van der Waals surface area contributed by atoms with E-state index in [2.05, 4.69) is 5.32 Å². The fourth-order valence-electron chi connectivity index (χ4n) is 3.83. The largest absolute Gasteiger partial charge is 0.324 e. The molecule has 0 aromatic heterocycles. The summed E-state index contributed by atoms with van der Waals surface area (Å²) in [5.74, 6) is 0.108. The number of likely N-dealkylation sites (tertiary alicyclic amines) is 1. The van der Waals surface area contributed by atoms with Gasteiger partial charge in [0.2, 0.25) is 5.91 Å². The predicted molar refractivity (Wildman–Crippen MR) is 113 cm³/mol. The van der Waals surface area contributed by atoms with Crippen molar-refractivity contribution in [3.63, 3.8) is 0 Å². The Balaban J connectivity index is 1.40. The molecule has 2 heterocycles. The van der Waals surface area contributed by atoms with Crippen LogP contribution in [-0.4, -0.2) is 45.5 Å². The fraction of sp³-hybridized carbons (Fsp3) is 0.333. The molecule has 29 heavy (non-hydrogen) atoms. The first kappa shape index (κ1) is 20.0. The van der Waals surface area contributed by atoms with Crippen LogP contribution >= 0.6 is 23.4 Å². The number of amides is 3. The van der Waals surface area contributed by atoms with Crippen molar-refractivity contribution in [1.29, 1.82) is 0 Å². The topological polar surface area (TPSA) is 52.7 Å². The summed E-state index contributed by atoms with van der Waals surface area (Å²) >= 11 is 7.46. The number of anilines is 1. The molecule has 2 aliphatic rings. The fourth-order valence-corrected chi connectivity index (χ4v) is 5.35. The molecule has 1 spiro atoms. The Morgan fingerprint density at radius 2 is 1.90 bits per heavy atom. The molecule has 2 aromatic carbocycles. The van der Waals surface area contributed by atoms with Crippen LogP contribution in [0.4, 0.5) is 14.9 Å². The van der Waals surface area contributed by atoms with Crippen molar-refractivity contribution in [3.05, 3.63) is 64.9 Å². The highest BCUT2D eigenvalue weighted by molar-refractivity contribution is 8.01. The lowest BCUT2D eigenvalue weighted by atomic mass is 10.0. The summed E-state index contributed by atoms with van der Waals surface area (Å²) in [5, 5.41) is 2.74. The van der Waals surface area contributed by atoms with Crippen LogP contribution in [0.25, 0.3) is 0 Å². The van der Waals surface area contributed by atoms with Gasteiger partial charge in [-0.15, -0.1) is 11.8 Å². The zero-order chi connectivity index (χ0) is 20.4. The first-order valence-corrected chi connectivity index (χ1v) is 10.8. The number of hydrogen-bond donors (Lipinski definition) is 1. The maximum Gasteiger partial charge on any atom is 0.321 e. The van der Waals surface area contributed by atoms with Crippen molar-refractivity contribution in [2.45, 2.75) is 24.3 Å². The van der Waals surface area contributed by atoms with E-state index in [-0.39, 0.29) is 21.8 Å². The van der Waals surface area contributed by atoms with Gasteiger partial charge in [0.1, 0.15) is 5.82 Å². The second kappa shape index (κ2) is 8.24. The second-order valence-corrected chi connectivity index (χ2v) is 8.99. The number of benzene rings is 2. The maximum absolute atomic E-state index is 13.3. The summed E-state index contributed by atoms with van der Waals surface area (Å²) in [6.45, 7) is 1.69. The van der Waals surface area contributed by atoms with Crippen molar-refractivity contribution < 1.29 is 14.0 Å². The van der Waals surface area contributed by atoms with Crippen LogP contribution in [0.1, 0.15) is 18.4 Å². The maximum atomic E-state index is 13.3. The first-order chi connectivity index (χ1) is 14.0. The number of carbonyl (C=O) groups excluding carboxylic acids is 2. The number of urea groups is 1. The Morgan fingerprint density at radius 1 is 1.17 bits per heavy atom. The number of rotatable bonds is 3. The molecule has 152 valence electrons. The number of halogens is 2. The van der Waals surface area contributed by atoms with Crippen LogP contribution in [0.3, 0.4) is 0 Å². The van der Waals surface area contributed by atoms with Gasteiger partial charge in [0.05, 0.1) is 15.6 Å². The van der Waals surface area contributed by atoms with Gasteiger partial charge in [-0.25, -0.2) is 9.18 Å². The number of carbonyl (C=O) groups is 2. The molecule has 0 saturated carbocycles. The van der Waals surface area contributed by atoms with E-state index >= 15 is 0 Å². The molecule has 0 atom stereocenters. The van der Waals surface area contributed by atoms with E-state index in [1.165, 1.54) is 18.2 Å². The van der Waals surface area contributed by atoms with Crippen LogP contribution in [0.5, 0.6) is 0 Å². The smallest absolute Gasteiger partial charge is 0.321 e. The molecule has 0 unspecified atom stereocenters. The molecule has 0 radical (unpaired) electrons. The van der Waals surface area contributed by atoms with E-state index in [4.69, 9.17) is 11.6 Å². The summed E-state index contributed by atoms with van der Waals surface area (Å²) in [6.07, 6.45) is 1.43. The van der Waals surface area contributed by atoms with Gasteiger partial charge in [-0.05, 0) is 36.6 Å². The van der Waals surface area contributed by atoms with E-state index in [0.29, 0.717) is 43.9 Å². The van der Waals surface area contributed by atoms with Gasteiger partial charge in [0, 0.05) is 25.3 Å². The molecular weight excluding hydrogens is 413 g/mol. The number of nitrogens with zero attached hydrogens (tertiary/aromatic N) is 2. The summed E-state index contributed by atoms with van der Waals surface area (Å²) < 4.78 is 13.3. The third kappa shape index (κ3) is 4.21. The Bertz CT molecular complexity index is 919. The lowest BCUT2D eigenvalue weighted by molar-refractivity contribution is -0.131. The van der Waals surface area contributed by atoms with Crippen LogP contribution in [0, 0.1) is 5.82 Å². The molecule has 0 aliphatic carbocycles. The molecule has 2 aliphatic heterocycles. The predicted octanol–water partition coefficient (Wildman–Crippen LogP) is 4.58. The van der Waals surface area contributed by atoms with Gasteiger partial charge in [-0.1, -0.05) is 41.9 Å². The van der Waals surface area contributed by atoms with E-state index in [9.17, 15) is 14.0 Å². The molecule has 1 N–H and O–H groups in total. The zero-order valence-electron chi connectivity index (χ0n) is 15.7. The van der Waals surface area contributed by atoms with E-state index < -0.39 is 5.82 Å². The monoisotopic (exact) mass is 433 g/mol. The summed E-state index contributed by atoms with van der Waals surface area (Å²) in [5.41, 5.74) is 1.56. The average molecular weight is 434 g/mol. The van der Waals surface area contributed by atoms with Gasteiger partial charge in [0.25, 0.3) is 0 Å². The molecule has 0 bridgehead atoms. The molecule has 2 fully saturated rings. The Hall–Kier alpha value is -2.25. The Kier molecular flexibility index (Phi) is 5.69. The van der Waals surface area contributed by atoms with Gasteiger partial charge in [0.15, 0.2) is 0 Å². The third-order valence-corrected chi connectivity index (χ3v) is 7.29. The quantitative estimate of drug-likeness (QED) is 0.770. The number of nitrogens with one attached hydrogen (secondary N) is 1. The van der Waals surface area contributed by atoms with Crippen LogP contribution in [0.15, 0.2) is 48.5 Å². The number of thioether (sulfide) groups is 1. The van der Waals surface area contributed by atoms with Crippen molar-refractivity contribution in [2.24, 2.45) is 0 Å². The van der Waals surface area contributed by atoms with E-state index in [1.54, 1.807) is 16.7 Å². The number of hydrogen-bond acceptors (Lipinski definition) is 3. The van der Waals surface area contributed by atoms with Crippen LogP contribution in [-0.2, 0) is 11.3 Å². The summed E-state index contributed by atoms with van der Waals surface area (Å²) in [6, 6.07) is 13.8. The van der Waals surface area contributed by atoms with Gasteiger partial charge >= 0.3 is 6.03 Å². The number of piperidine rings is 1. The van der Waals surface area contributed by atoms with Crippen molar-refractivity contribution in [1.82, 2.24) is 9.80 Å². The Morgan fingerprint density at radius 3 is 2.59 bits per heavy atom. The minimum Gasteiger partial charge on any atom is -0.324 e. The van der Waals surface area contributed by atoms with E-state index in [1.807, 2.05) is 35.2 Å².